The number of nitrogens with two attached hydrogens (primary N) is 1. The largest absolute Gasteiger partial charge is 0.341 e. The molecule has 0 spiro atoms. The van der Waals surface area contributed by atoms with Crippen LogP contribution in [0.25, 0.3) is 0 Å². The van der Waals surface area contributed by atoms with Crippen LogP contribution in [0.5, 0.6) is 0 Å². The van der Waals surface area contributed by atoms with Gasteiger partial charge in [-0.2, -0.15) is 0 Å². The molecule has 0 bridgehead atoms. The Bertz CT molecular complexity index is 382. The van der Waals surface area contributed by atoms with Crippen molar-refractivity contribution in [3.63, 3.8) is 0 Å². The van der Waals surface area contributed by atoms with Crippen LogP contribution in [0.4, 0.5) is 0 Å². The number of likely N-dealkylation sites (N-methyl/N-ethyl adjacent to an activating group) is 1. The Kier molecular flexibility index (Phi) is 9.31. The summed E-state index contributed by atoms with van der Waals surface area (Å²) in [5, 5.41) is 0. The Labute approximate surface area is 145 Å². The Hall–Kier alpha value is -0.560. The smallest absolute Gasteiger partial charge is 0.228 e. The van der Waals surface area contributed by atoms with Crippen molar-refractivity contribution in [1.82, 2.24) is 14.7 Å². The van der Waals surface area contributed by atoms with E-state index in [1.165, 1.54) is 0 Å². The van der Waals surface area contributed by atoms with Crippen LogP contribution in [0.15, 0.2) is 0 Å². The highest BCUT2D eigenvalue weighted by molar-refractivity contribution is 5.89. The van der Waals surface area contributed by atoms with Gasteiger partial charge in [-0.25, -0.2) is 0 Å². The first-order valence-corrected chi connectivity index (χ1v) is 7.44. The molecule has 2 aliphatic rings. The van der Waals surface area contributed by atoms with Gasteiger partial charge in [-0.3, -0.25) is 9.59 Å². The lowest BCUT2D eigenvalue weighted by Crippen LogP contribution is -2.48. The number of likely N-dealkylation sites (tertiary alicyclic amines) is 2. The van der Waals surface area contributed by atoms with Gasteiger partial charge in [0.05, 0.1) is 5.92 Å². The van der Waals surface area contributed by atoms with E-state index >= 15 is 0 Å². The number of carbonyl (C=O) groups is 2. The molecule has 0 aromatic carbocycles. The van der Waals surface area contributed by atoms with Crippen LogP contribution in [0, 0.1) is 5.92 Å². The minimum absolute atomic E-state index is 0. The number of amides is 2. The molecular formula is C14H28Cl2N4O2. The molecule has 2 heterocycles. The van der Waals surface area contributed by atoms with Crippen molar-refractivity contribution in [1.29, 1.82) is 0 Å². The standard InChI is InChI=1S/C14H26N4O2.2ClH/c1-16(2)6-7-17-9-11(8-13(17)19)14(20)18-5-3-4-12(15)10-18;;/h11-12H,3-10,15H2,1-2H3;2*1H. The van der Waals surface area contributed by atoms with Crippen molar-refractivity contribution >= 4 is 36.6 Å². The van der Waals surface area contributed by atoms with Gasteiger partial charge in [0.15, 0.2) is 0 Å². The summed E-state index contributed by atoms with van der Waals surface area (Å²) in [5.41, 5.74) is 5.92. The minimum Gasteiger partial charge on any atom is -0.341 e. The van der Waals surface area contributed by atoms with Crippen LogP contribution in [0.1, 0.15) is 19.3 Å². The van der Waals surface area contributed by atoms with Gasteiger partial charge < -0.3 is 20.4 Å². The number of hydrogen-bond acceptors (Lipinski definition) is 4. The van der Waals surface area contributed by atoms with E-state index in [9.17, 15) is 9.59 Å². The normalized spacial score (nSPS) is 25.0. The second kappa shape index (κ2) is 9.55. The van der Waals surface area contributed by atoms with Gasteiger partial charge in [-0.05, 0) is 26.9 Å². The number of carbonyl (C=O) groups excluding carboxylic acids is 2. The highest BCUT2D eigenvalue weighted by atomic mass is 35.5. The average molecular weight is 355 g/mol. The SMILES string of the molecule is CN(C)CCN1CC(C(=O)N2CCCC(N)C2)CC1=O.Cl.Cl. The molecule has 2 fully saturated rings. The molecule has 8 heteroatoms. The molecule has 2 saturated heterocycles. The van der Waals surface area contributed by atoms with E-state index in [-0.39, 0.29) is 48.6 Å². The molecule has 2 atom stereocenters. The Morgan fingerprint density at radius 1 is 1.32 bits per heavy atom. The highest BCUT2D eigenvalue weighted by Gasteiger charge is 2.37. The first-order valence-electron chi connectivity index (χ1n) is 7.44. The Morgan fingerprint density at radius 2 is 2.00 bits per heavy atom. The number of piperidine rings is 1. The third-order valence-electron chi connectivity index (χ3n) is 4.15. The summed E-state index contributed by atoms with van der Waals surface area (Å²) in [6.45, 7) is 3.53. The molecule has 2 aliphatic heterocycles. The number of nitrogens with zero attached hydrogens (tertiary/aromatic N) is 3. The quantitative estimate of drug-likeness (QED) is 0.782. The third-order valence-corrected chi connectivity index (χ3v) is 4.15. The molecule has 130 valence electrons. The first kappa shape index (κ1) is 21.4. The molecule has 0 saturated carbocycles. The molecule has 2 rings (SSSR count). The van der Waals surface area contributed by atoms with Crippen molar-refractivity contribution in [2.75, 3.05) is 46.8 Å². The molecule has 0 radical (unpaired) electrons. The first-order chi connectivity index (χ1) is 9.47. The summed E-state index contributed by atoms with van der Waals surface area (Å²) in [6, 6.07) is 0.0923. The van der Waals surface area contributed by atoms with Gasteiger partial charge in [0, 0.05) is 45.2 Å². The zero-order valence-corrected chi connectivity index (χ0v) is 15.0. The van der Waals surface area contributed by atoms with E-state index in [4.69, 9.17) is 5.73 Å². The van der Waals surface area contributed by atoms with Gasteiger partial charge >= 0.3 is 0 Å². The van der Waals surface area contributed by atoms with Gasteiger partial charge in [0.1, 0.15) is 0 Å². The summed E-state index contributed by atoms with van der Waals surface area (Å²) in [5.74, 6) is 0.0438. The Morgan fingerprint density at radius 3 is 2.59 bits per heavy atom. The lowest BCUT2D eigenvalue weighted by atomic mass is 10.0. The number of halogens is 2. The van der Waals surface area contributed by atoms with Crippen LogP contribution in [0.2, 0.25) is 0 Å². The summed E-state index contributed by atoms with van der Waals surface area (Å²) < 4.78 is 0. The maximum absolute atomic E-state index is 12.5. The van der Waals surface area contributed by atoms with E-state index in [2.05, 4.69) is 0 Å². The molecule has 2 unspecified atom stereocenters. The molecule has 0 aromatic heterocycles. The van der Waals surface area contributed by atoms with Crippen molar-refractivity contribution in [2.24, 2.45) is 11.7 Å². The molecule has 0 aromatic rings. The van der Waals surface area contributed by atoms with Crippen LogP contribution in [0.3, 0.4) is 0 Å². The molecule has 0 aliphatic carbocycles. The summed E-state index contributed by atoms with van der Waals surface area (Å²) in [4.78, 5) is 30.1. The highest BCUT2D eigenvalue weighted by Crippen LogP contribution is 2.21. The van der Waals surface area contributed by atoms with Crippen LogP contribution < -0.4 is 5.73 Å². The van der Waals surface area contributed by atoms with Gasteiger partial charge in [0.2, 0.25) is 11.8 Å². The molecule has 6 nitrogen and oxygen atoms in total. The molecule has 22 heavy (non-hydrogen) atoms. The van der Waals surface area contributed by atoms with E-state index in [0.717, 1.165) is 25.9 Å². The van der Waals surface area contributed by atoms with Crippen LogP contribution in [-0.2, 0) is 9.59 Å². The lowest BCUT2D eigenvalue weighted by Gasteiger charge is -2.32. The van der Waals surface area contributed by atoms with Crippen molar-refractivity contribution < 1.29 is 9.59 Å². The predicted octanol–water partition coefficient (Wildman–Crippen LogP) is 0.190. The predicted molar refractivity (Wildman–Crippen MR) is 91.5 cm³/mol. The van der Waals surface area contributed by atoms with Gasteiger partial charge in [-0.15, -0.1) is 24.8 Å². The summed E-state index contributed by atoms with van der Waals surface area (Å²) in [6.07, 6.45) is 2.32. The van der Waals surface area contributed by atoms with Gasteiger partial charge in [0.25, 0.3) is 0 Å². The fourth-order valence-corrected chi connectivity index (χ4v) is 2.94. The molecule has 2 N–H and O–H groups in total. The van der Waals surface area contributed by atoms with Crippen molar-refractivity contribution in [3.05, 3.63) is 0 Å². The van der Waals surface area contributed by atoms with E-state index < -0.39 is 0 Å². The van der Waals surface area contributed by atoms with E-state index in [1.807, 2.05) is 28.8 Å². The van der Waals surface area contributed by atoms with E-state index in [0.29, 0.717) is 26.1 Å². The molecule has 2 amide bonds. The average Bonchev–Trinajstić information content (AvgIpc) is 2.77. The van der Waals surface area contributed by atoms with Crippen molar-refractivity contribution in [2.45, 2.75) is 25.3 Å². The summed E-state index contributed by atoms with van der Waals surface area (Å²) >= 11 is 0. The monoisotopic (exact) mass is 354 g/mol. The lowest BCUT2D eigenvalue weighted by molar-refractivity contribution is -0.137. The van der Waals surface area contributed by atoms with Crippen LogP contribution >= 0.6 is 24.8 Å². The fourth-order valence-electron chi connectivity index (χ4n) is 2.94. The topological polar surface area (TPSA) is 69.9 Å². The maximum Gasteiger partial charge on any atom is 0.228 e. The minimum atomic E-state index is -0.171. The van der Waals surface area contributed by atoms with Crippen molar-refractivity contribution in [3.8, 4) is 0 Å². The van der Waals surface area contributed by atoms with Crippen LogP contribution in [-0.4, -0.2) is 79.4 Å². The third kappa shape index (κ3) is 5.57. The van der Waals surface area contributed by atoms with E-state index in [1.54, 1.807) is 0 Å². The number of rotatable bonds is 4. The van der Waals surface area contributed by atoms with Gasteiger partial charge in [-0.1, -0.05) is 0 Å². The second-order valence-electron chi connectivity index (χ2n) is 6.23. The number of hydrogen-bond donors (Lipinski definition) is 1. The second-order valence-corrected chi connectivity index (χ2v) is 6.23. The Balaban J connectivity index is 0.00000220. The zero-order chi connectivity index (χ0) is 14.7. The zero-order valence-electron chi connectivity index (χ0n) is 13.4. The fraction of sp³-hybridized carbons (Fsp3) is 0.857. The molecular weight excluding hydrogens is 327 g/mol. The maximum atomic E-state index is 12.5. The summed E-state index contributed by atoms with van der Waals surface area (Å²) in [7, 11) is 3.97.